The zero-order valence-corrected chi connectivity index (χ0v) is 11.7. The molecule has 1 aromatic heterocycles. The highest BCUT2D eigenvalue weighted by Gasteiger charge is 2.28. The molecular formula is C12H20N4OS. The molecular weight excluding hydrogens is 248 g/mol. The highest BCUT2D eigenvalue weighted by molar-refractivity contribution is 7.09. The minimum absolute atomic E-state index is 0.0693. The minimum Gasteiger partial charge on any atom is -0.355 e. The molecule has 1 atom stereocenters. The van der Waals surface area contributed by atoms with Crippen LogP contribution in [0.15, 0.2) is 5.51 Å². The molecule has 18 heavy (non-hydrogen) atoms. The Kier molecular flexibility index (Phi) is 4.68. The zero-order chi connectivity index (χ0) is 13.0. The Morgan fingerprint density at radius 2 is 2.56 bits per heavy atom. The van der Waals surface area contributed by atoms with E-state index in [1.807, 2.05) is 19.4 Å². The number of hydrogen-bond donors (Lipinski definition) is 2. The fourth-order valence-corrected chi connectivity index (χ4v) is 2.95. The number of nitrogens with zero attached hydrogens (tertiary/aromatic N) is 2. The van der Waals surface area contributed by atoms with Crippen LogP contribution in [0.3, 0.4) is 0 Å². The Hall–Kier alpha value is -0.980. The fourth-order valence-electron chi connectivity index (χ4n) is 2.15. The number of hydrogen-bond acceptors (Lipinski definition) is 5. The first-order valence-corrected chi connectivity index (χ1v) is 7.21. The van der Waals surface area contributed by atoms with E-state index in [1.165, 1.54) is 4.88 Å². The highest BCUT2D eigenvalue weighted by Crippen LogP contribution is 2.17. The molecule has 1 aromatic rings. The van der Waals surface area contributed by atoms with E-state index in [4.69, 9.17) is 0 Å². The molecule has 1 saturated heterocycles. The van der Waals surface area contributed by atoms with Gasteiger partial charge in [-0.1, -0.05) is 0 Å². The van der Waals surface area contributed by atoms with Gasteiger partial charge in [-0.15, -0.1) is 11.3 Å². The normalized spacial score (nSPS) is 20.9. The lowest BCUT2D eigenvalue weighted by molar-refractivity contribution is -0.127. The standard InChI is InChI=1S/C12H20N4OS/c1-3-14-12(17)10-6-13-4-5-16(10)7-11-9(2)15-8-18-11/h8,10,13H,3-7H2,1-2H3,(H,14,17). The molecule has 0 aromatic carbocycles. The van der Waals surface area contributed by atoms with E-state index < -0.39 is 0 Å². The van der Waals surface area contributed by atoms with Crippen molar-refractivity contribution in [3.8, 4) is 0 Å². The van der Waals surface area contributed by atoms with Crippen molar-refractivity contribution < 1.29 is 4.79 Å². The van der Waals surface area contributed by atoms with Crippen LogP contribution in [0, 0.1) is 6.92 Å². The average molecular weight is 268 g/mol. The van der Waals surface area contributed by atoms with Crippen LogP contribution in [0.1, 0.15) is 17.5 Å². The topological polar surface area (TPSA) is 57.3 Å². The molecule has 1 aliphatic heterocycles. The van der Waals surface area contributed by atoms with Gasteiger partial charge in [0.25, 0.3) is 0 Å². The Labute approximate surface area is 112 Å². The molecule has 6 heteroatoms. The van der Waals surface area contributed by atoms with Gasteiger partial charge in [0.2, 0.25) is 5.91 Å². The number of amides is 1. The van der Waals surface area contributed by atoms with Crippen LogP contribution in [0.25, 0.3) is 0 Å². The SMILES string of the molecule is CCNC(=O)C1CNCCN1Cc1scnc1C. The summed E-state index contributed by atoms with van der Waals surface area (Å²) in [6.07, 6.45) is 0. The monoisotopic (exact) mass is 268 g/mol. The summed E-state index contributed by atoms with van der Waals surface area (Å²) in [7, 11) is 0. The van der Waals surface area contributed by atoms with Crippen molar-refractivity contribution >= 4 is 17.2 Å². The van der Waals surface area contributed by atoms with Gasteiger partial charge in [-0.05, 0) is 13.8 Å². The number of carbonyl (C=O) groups is 1. The zero-order valence-electron chi connectivity index (χ0n) is 10.9. The van der Waals surface area contributed by atoms with Crippen LogP contribution in [0.2, 0.25) is 0 Å². The number of aromatic nitrogens is 1. The number of thiazole rings is 1. The summed E-state index contributed by atoms with van der Waals surface area (Å²) in [6.45, 7) is 8.04. The van der Waals surface area contributed by atoms with Crippen LogP contribution in [0.4, 0.5) is 0 Å². The van der Waals surface area contributed by atoms with Crippen LogP contribution >= 0.6 is 11.3 Å². The second-order valence-corrected chi connectivity index (χ2v) is 5.39. The van der Waals surface area contributed by atoms with E-state index in [0.717, 1.165) is 31.9 Å². The van der Waals surface area contributed by atoms with Crippen LogP contribution < -0.4 is 10.6 Å². The molecule has 100 valence electrons. The second kappa shape index (κ2) is 6.26. The molecule has 1 amide bonds. The van der Waals surface area contributed by atoms with E-state index in [9.17, 15) is 4.79 Å². The maximum absolute atomic E-state index is 12.0. The number of nitrogens with one attached hydrogen (secondary N) is 2. The van der Waals surface area contributed by atoms with Crippen molar-refractivity contribution in [2.75, 3.05) is 26.2 Å². The van der Waals surface area contributed by atoms with Crippen LogP contribution in [-0.2, 0) is 11.3 Å². The molecule has 0 aliphatic carbocycles. The van der Waals surface area contributed by atoms with Gasteiger partial charge in [-0.2, -0.15) is 0 Å². The highest BCUT2D eigenvalue weighted by atomic mass is 32.1. The summed E-state index contributed by atoms with van der Waals surface area (Å²) in [5, 5.41) is 6.19. The van der Waals surface area contributed by atoms with E-state index in [-0.39, 0.29) is 11.9 Å². The van der Waals surface area contributed by atoms with Crippen molar-refractivity contribution in [1.29, 1.82) is 0 Å². The van der Waals surface area contributed by atoms with Crippen molar-refractivity contribution in [1.82, 2.24) is 20.5 Å². The molecule has 2 N–H and O–H groups in total. The summed E-state index contributed by atoms with van der Waals surface area (Å²) in [5.74, 6) is 0.117. The molecule has 0 saturated carbocycles. The van der Waals surface area contributed by atoms with E-state index in [1.54, 1.807) is 11.3 Å². The molecule has 0 bridgehead atoms. The molecule has 2 heterocycles. The predicted octanol–water partition coefficient (Wildman–Crippen LogP) is 0.361. The lowest BCUT2D eigenvalue weighted by Gasteiger charge is -2.34. The van der Waals surface area contributed by atoms with Crippen LogP contribution in [0.5, 0.6) is 0 Å². The molecule has 1 unspecified atom stereocenters. The first-order chi connectivity index (χ1) is 8.72. The minimum atomic E-state index is -0.0693. The molecule has 1 fully saturated rings. The summed E-state index contributed by atoms with van der Waals surface area (Å²) < 4.78 is 0. The molecule has 1 aliphatic rings. The van der Waals surface area contributed by atoms with E-state index in [2.05, 4.69) is 20.5 Å². The Balaban J connectivity index is 2.04. The Morgan fingerprint density at radius 1 is 1.72 bits per heavy atom. The van der Waals surface area contributed by atoms with Gasteiger partial charge in [-0.25, -0.2) is 4.98 Å². The summed E-state index contributed by atoms with van der Waals surface area (Å²) in [5.41, 5.74) is 2.95. The smallest absolute Gasteiger partial charge is 0.238 e. The third-order valence-corrected chi connectivity index (χ3v) is 4.12. The largest absolute Gasteiger partial charge is 0.355 e. The van der Waals surface area contributed by atoms with Crippen molar-refractivity contribution in [2.45, 2.75) is 26.4 Å². The maximum atomic E-state index is 12.0. The molecule has 5 nitrogen and oxygen atoms in total. The van der Waals surface area contributed by atoms with Crippen LogP contribution in [-0.4, -0.2) is 48.0 Å². The van der Waals surface area contributed by atoms with Gasteiger partial charge in [0, 0.05) is 37.6 Å². The van der Waals surface area contributed by atoms with Gasteiger partial charge < -0.3 is 10.6 Å². The number of aryl methyl sites for hydroxylation is 1. The van der Waals surface area contributed by atoms with Crippen molar-refractivity contribution in [2.24, 2.45) is 0 Å². The van der Waals surface area contributed by atoms with Gasteiger partial charge in [0.05, 0.1) is 11.2 Å². The molecule has 0 radical (unpaired) electrons. The third-order valence-electron chi connectivity index (χ3n) is 3.20. The second-order valence-electron chi connectivity index (χ2n) is 4.45. The third kappa shape index (κ3) is 3.07. The molecule has 2 rings (SSSR count). The number of likely N-dealkylation sites (N-methyl/N-ethyl adjacent to an activating group) is 1. The number of carbonyl (C=O) groups excluding carboxylic acids is 1. The van der Waals surface area contributed by atoms with Gasteiger partial charge in [0.1, 0.15) is 6.04 Å². The van der Waals surface area contributed by atoms with Gasteiger partial charge >= 0.3 is 0 Å². The first kappa shape index (κ1) is 13.5. The van der Waals surface area contributed by atoms with Gasteiger partial charge in [-0.3, -0.25) is 9.69 Å². The predicted molar refractivity (Wildman–Crippen MR) is 72.6 cm³/mol. The first-order valence-electron chi connectivity index (χ1n) is 6.33. The maximum Gasteiger partial charge on any atom is 0.238 e. The number of rotatable bonds is 4. The lowest BCUT2D eigenvalue weighted by atomic mass is 10.1. The summed E-state index contributed by atoms with van der Waals surface area (Å²) >= 11 is 1.67. The van der Waals surface area contributed by atoms with E-state index >= 15 is 0 Å². The van der Waals surface area contributed by atoms with Crippen molar-refractivity contribution in [3.05, 3.63) is 16.1 Å². The van der Waals surface area contributed by atoms with Crippen molar-refractivity contribution in [3.63, 3.8) is 0 Å². The number of piperazine rings is 1. The lowest BCUT2D eigenvalue weighted by Crippen LogP contribution is -2.57. The fraction of sp³-hybridized carbons (Fsp3) is 0.667. The molecule has 0 spiro atoms. The summed E-state index contributed by atoms with van der Waals surface area (Å²) in [6, 6.07) is -0.0693. The quantitative estimate of drug-likeness (QED) is 0.828. The Morgan fingerprint density at radius 3 is 3.22 bits per heavy atom. The Bertz CT molecular complexity index is 407. The average Bonchev–Trinajstić information content (AvgIpc) is 2.76. The van der Waals surface area contributed by atoms with Gasteiger partial charge in [0.15, 0.2) is 0 Å². The summed E-state index contributed by atoms with van der Waals surface area (Å²) in [4.78, 5) is 19.8. The van der Waals surface area contributed by atoms with E-state index in [0.29, 0.717) is 6.54 Å².